The van der Waals surface area contributed by atoms with Crippen LogP contribution >= 0.6 is 11.6 Å². The standard InChI is InChI=1S/C10H14ClN3/c1-2-8-14-10(9-12-13-14)6-4-3-5-7-11/h9H,2-3,5,7-8H2,1H3. The molecule has 3 nitrogen and oxygen atoms in total. The Morgan fingerprint density at radius 3 is 3.14 bits per heavy atom. The third-order valence-electron chi connectivity index (χ3n) is 1.70. The predicted octanol–water partition coefficient (Wildman–Crippen LogP) is 2.06. The summed E-state index contributed by atoms with van der Waals surface area (Å²) in [7, 11) is 0. The van der Waals surface area contributed by atoms with Crippen LogP contribution in [0.2, 0.25) is 0 Å². The molecule has 0 saturated heterocycles. The van der Waals surface area contributed by atoms with Crippen LogP contribution in [0.25, 0.3) is 0 Å². The predicted molar refractivity (Wildman–Crippen MR) is 57.1 cm³/mol. The van der Waals surface area contributed by atoms with Gasteiger partial charge in [0, 0.05) is 18.8 Å². The molecule has 0 spiro atoms. The molecule has 0 aliphatic carbocycles. The smallest absolute Gasteiger partial charge is 0.131 e. The summed E-state index contributed by atoms with van der Waals surface area (Å²) >= 11 is 5.55. The van der Waals surface area contributed by atoms with Crippen LogP contribution in [0, 0.1) is 11.8 Å². The Hall–Kier alpha value is -1.01. The van der Waals surface area contributed by atoms with Gasteiger partial charge in [-0.1, -0.05) is 18.1 Å². The highest BCUT2D eigenvalue weighted by Gasteiger charge is 1.97. The van der Waals surface area contributed by atoms with E-state index in [2.05, 4.69) is 29.1 Å². The minimum absolute atomic E-state index is 0.668. The van der Waals surface area contributed by atoms with E-state index in [9.17, 15) is 0 Å². The van der Waals surface area contributed by atoms with E-state index in [1.54, 1.807) is 6.20 Å². The summed E-state index contributed by atoms with van der Waals surface area (Å²) in [4.78, 5) is 0. The van der Waals surface area contributed by atoms with Crippen LogP contribution in [0.3, 0.4) is 0 Å². The lowest BCUT2D eigenvalue weighted by molar-refractivity contribution is 0.574. The first-order valence-corrected chi connectivity index (χ1v) is 5.35. The van der Waals surface area contributed by atoms with Gasteiger partial charge in [0.1, 0.15) is 5.69 Å². The Balaban J connectivity index is 2.55. The number of hydrogen-bond acceptors (Lipinski definition) is 2. The van der Waals surface area contributed by atoms with Gasteiger partial charge in [0.25, 0.3) is 0 Å². The molecule has 0 saturated carbocycles. The van der Waals surface area contributed by atoms with E-state index in [0.29, 0.717) is 5.88 Å². The molecular formula is C10H14ClN3. The van der Waals surface area contributed by atoms with Gasteiger partial charge in [0.05, 0.1) is 6.20 Å². The zero-order chi connectivity index (χ0) is 10.2. The molecule has 0 aliphatic heterocycles. The number of halogens is 1. The normalized spacial score (nSPS) is 9.57. The van der Waals surface area contributed by atoms with Crippen LogP contribution in [0.5, 0.6) is 0 Å². The minimum atomic E-state index is 0.668. The average Bonchev–Trinajstić information content (AvgIpc) is 2.61. The van der Waals surface area contributed by atoms with Gasteiger partial charge in [-0.15, -0.1) is 16.7 Å². The Morgan fingerprint density at radius 1 is 1.57 bits per heavy atom. The summed E-state index contributed by atoms with van der Waals surface area (Å²) in [5.74, 6) is 6.76. The van der Waals surface area contributed by atoms with Crippen molar-refractivity contribution in [2.45, 2.75) is 32.7 Å². The highest BCUT2D eigenvalue weighted by Crippen LogP contribution is 1.96. The second-order valence-electron chi connectivity index (χ2n) is 2.94. The number of aromatic nitrogens is 3. The molecule has 1 aromatic rings. The highest BCUT2D eigenvalue weighted by molar-refractivity contribution is 6.17. The maximum Gasteiger partial charge on any atom is 0.131 e. The maximum atomic E-state index is 5.55. The lowest BCUT2D eigenvalue weighted by atomic mass is 10.3. The molecule has 0 bridgehead atoms. The van der Waals surface area contributed by atoms with Crippen LogP contribution in [0.4, 0.5) is 0 Å². The third-order valence-corrected chi connectivity index (χ3v) is 1.97. The van der Waals surface area contributed by atoms with Crippen molar-refractivity contribution in [3.63, 3.8) is 0 Å². The second-order valence-corrected chi connectivity index (χ2v) is 3.31. The lowest BCUT2D eigenvalue weighted by Gasteiger charge is -1.96. The molecule has 1 rings (SSSR count). The van der Waals surface area contributed by atoms with Crippen molar-refractivity contribution in [1.82, 2.24) is 15.0 Å². The van der Waals surface area contributed by atoms with E-state index in [-0.39, 0.29) is 0 Å². The zero-order valence-corrected chi connectivity index (χ0v) is 9.09. The van der Waals surface area contributed by atoms with Crippen molar-refractivity contribution in [3.8, 4) is 11.8 Å². The van der Waals surface area contributed by atoms with Gasteiger partial charge in [-0.2, -0.15) is 0 Å². The number of rotatable bonds is 4. The summed E-state index contributed by atoms with van der Waals surface area (Å²) < 4.78 is 1.83. The van der Waals surface area contributed by atoms with Gasteiger partial charge in [0.2, 0.25) is 0 Å². The zero-order valence-electron chi connectivity index (χ0n) is 8.33. The van der Waals surface area contributed by atoms with Gasteiger partial charge < -0.3 is 0 Å². The molecule has 0 aliphatic rings. The van der Waals surface area contributed by atoms with Gasteiger partial charge in [0.15, 0.2) is 0 Å². The van der Waals surface area contributed by atoms with Crippen molar-refractivity contribution in [3.05, 3.63) is 11.9 Å². The number of aryl methyl sites for hydroxylation is 1. The first-order valence-electron chi connectivity index (χ1n) is 4.81. The quantitative estimate of drug-likeness (QED) is 0.434. The van der Waals surface area contributed by atoms with E-state index in [1.165, 1.54) is 0 Å². The third kappa shape index (κ3) is 3.39. The molecule has 0 amide bonds. The fourth-order valence-corrected chi connectivity index (χ4v) is 1.17. The molecule has 1 heterocycles. The van der Waals surface area contributed by atoms with E-state index >= 15 is 0 Å². The fourth-order valence-electron chi connectivity index (χ4n) is 1.04. The van der Waals surface area contributed by atoms with Crippen LogP contribution in [-0.4, -0.2) is 20.9 Å². The van der Waals surface area contributed by atoms with Crippen LogP contribution in [0.15, 0.2) is 6.20 Å². The molecule has 0 aromatic carbocycles. The van der Waals surface area contributed by atoms with Crippen molar-refractivity contribution < 1.29 is 0 Å². The minimum Gasteiger partial charge on any atom is -0.237 e. The van der Waals surface area contributed by atoms with E-state index in [0.717, 1.165) is 31.5 Å². The van der Waals surface area contributed by atoms with Crippen LogP contribution < -0.4 is 0 Å². The SMILES string of the molecule is CCCn1nncc1C#CCCCCl. The average molecular weight is 212 g/mol. The van der Waals surface area contributed by atoms with E-state index in [1.807, 2.05) is 4.68 Å². The monoisotopic (exact) mass is 211 g/mol. The molecule has 0 unspecified atom stereocenters. The molecule has 0 N–H and O–H groups in total. The largest absolute Gasteiger partial charge is 0.237 e. The molecule has 0 fully saturated rings. The van der Waals surface area contributed by atoms with Crippen LogP contribution in [0.1, 0.15) is 31.9 Å². The van der Waals surface area contributed by atoms with Crippen molar-refractivity contribution in [1.29, 1.82) is 0 Å². The Labute approximate surface area is 89.4 Å². The first kappa shape index (κ1) is 11.1. The first-order chi connectivity index (χ1) is 6.88. The number of unbranched alkanes of at least 4 members (excludes halogenated alkanes) is 1. The summed E-state index contributed by atoms with van der Waals surface area (Å²) in [5.41, 5.74) is 0.890. The van der Waals surface area contributed by atoms with Crippen molar-refractivity contribution in [2.75, 3.05) is 5.88 Å². The summed E-state index contributed by atoms with van der Waals surface area (Å²) in [5, 5.41) is 7.77. The van der Waals surface area contributed by atoms with Gasteiger partial charge in [-0.05, 0) is 18.8 Å². The maximum absolute atomic E-state index is 5.55. The highest BCUT2D eigenvalue weighted by atomic mass is 35.5. The fraction of sp³-hybridized carbons (Fsp3) is 0.600. The second kappa shape index (κ2) is 6.44. The number of alkyl halides is 1. The lowest BCUT2D eigenvalue weighted by Crippen LogP contribution is -2.01. The van der Waals surface area contributed by atoms with Crippen LogP contribution in [-0.2, 0) is 6.54 Å². The van der Waals surface area contributed by atoms with Gasteiger partial charge >= 0.3 is 0 Å². The number of nitrogens with zero attached hydrogens (tertiary/aromatic N) is 3. The molecule has 1 aromatic heterocycles. The van der Waals surface area contributed by atoms with E-state index < -0.39 is 0 Å². The van der Waals surface area contributed by atoms with Gasteiger partial charge in [-0.3, -0.25) is 0 Å². The molecule has 0 radical (unpaired) electrons. The topological polar surface area (TPSA) is 30.7 Å². The van der Waals surface area contributed by atoms with Crippen molar-refractivity contribution >= 4 is 11.6 Å². The Kier molecular flexibility index (Phi) is 5.09. The molecule has 0 atom stereocenters. The molecular weight excluding hydrogens is 198 g/mol. The molecule has 4 heteroatoms. The van der Waals surface area contributed by atoms with E-state index in [4.69, 9.17) is 11.6 Å². The number of hydrogen-bond donors (Lipinski definition) is 0. The Bertz CT molecular complexity index is 322. The van der Waals surface area contributed by atoms with Gasteiger partial charge in [-0.25, -0.2) is 4.68 Å². The summed E-state index contributed by atoms with van der Waals surface area (Å²) in [6, 6.07) is 0. The molecule has 14 heavy (non-hydrogen) atoms. The summed E-state index contributed by atoms with van der Waals surface area (Å²) in [6.45, 7) is 2.98. The van der Waals surface area contributed by atoms with Crippen molar-refractivity contribution in [2.24, 2.45) is 0 Å². The Morgan fingerprint density at radius 2 is 2.43 bits per heavy atom. The molecule has 76 valence electrons. The summed E-state index contributed by atoms with van der Waals surface area (Å²) in [6.07, 6.45) is 4.51.